The number of ether oxygens (including phenoxy) is 4. The zero-order valence-corrected chi connectivity index (χ0v) is 30.7. The van der Waals surface area contributed by atoms with Gasteiger partial charge < -0.3 is 44.3 Å². The highest BCUT2D eigenvalue weighted by Crippen LogP contribution is 2.15. The number of nitrogens with one attached hydrogen (secondary N) is 2. The molecule has 1 rings (SSSR count). The van der Waals surface area contributed by atoms with Crippen molar-refractivity contribution in [3.05, 3.63) is 0 Å². The van der Waals surface area contributed by atoms with Crippen molar-refractivity contribution in [2.24, 2.45) is 0 Å². The quantitative estimate of drug-likeness (QED) is 0.326. The van der Waals surface area contributed by atoms with Crippen LogP contribution in [0.5, 0.6) is 0 Å². The van der Waals surface area contributed by atoms with Crippen LogP contribution in [0.15, 0.2) is 0 Å². The maximum absolute atomic E-state index is 13.2. The molecule has 0 aromatic heterocycles. The molecule has 0 spiro atoms. The van der Waals surface area contributed by atoms with Gasteiger partial charge in [0.05, 0.1) is 6.54 Å². The molecule has 0 atom stereocenters. The van der Waals surface area contributed by atoms with E-state index in [1.807, 2.05) is 4.90 Å². The fourth-order valence-corrected chi connectivity index (χ4v) is 4.08. The maximum Gasteiger partial charge on any atom is 0.410 e. The topological polar surface area (TPSA) is 159 Å². The molecule has 1 heterocycles. The zero-order chi connectivity index (χ0) is 36.2. The van der Waals surface area contributed by atoms with Crippen molar-refractivity contribution in [2.45, 2.75) is 105 Å². The van der Waals surface area contributed by atoms with E-state index >= 15 is 0 Å². The van der Waals surface area contributed by atoms with E-state index in [0.29, 0.717) is 0 Å². The lowest BCUT2D eigenvalue weighted by molar-refractivity contribution is -0.122. The summed E-state index contributed by atoms with van der Waals surface area (Å²) < 4.78 is 22.1. The normalized spacial score (nSPS) is 16.3. The third-order valence-corrected chi connectivity index (χ3v) is 6.09. The minimum Gasteiger partial charge on any atom is -0.444 e. The minimum atomic E-state index is -0.747. The molecule has 272 valence electrons. The van der Waals surface area contributed by atoms with E-state index in [4.69, 9.17) is 18.9 Å². The first-order valence-electron chi connectivity index (χ1n) is 16.2. The monoisotopic (exact) mass is 672 g/mol. The predicted molar refractivity (Wildman–Crippen MR) is 177 cm³/mol. The first kappa shape index (κ1) is 41.5. The molecule has 0 saturated carbocycles. The molecule has 1 aliphatic rings. The van der Waals surface area contributed by atoms with E-state index in [0.717, 1.165) is 0 Å². The van der Waals surface area contributed by atoms with Crippen LogP contribution in [0.4, 0.5) is 19.2 Å². The van der Waals surface area contributed by atoms with Crippen LogP contribution >= 0.6 is 0 Å². The van der Waals surface area contributed by atoms with Gasteiger partial charge in [0.15, 0.2) is 0 Å². The van der Waals surface area contributed by atoms with Gasteiger partial charge in [0.1, 0.15) is 22.4 Å². The van der Waals surface area contributed by atoms with Crippen molar-refractivity contribution in [3.63, 3.8) is 0 Å². The molecule has 15 heteroatoms. The molecule has 47 heavy (non-hydrogen) atoms. The van der Waals surface area contributed by atoms with E-state index < -0.39 is 46.8 Å². The molecule has 15 nitrogen and oxygen atoms in total. The number of hydrogen-bond acceptors (Lipinski definition) is 10. The summed E-state index contributed by atoms with van der Waals surface area (Å²) >= 11 is 0. The van der Waals surface area contributed by atoms with Crippen molar-refractivity contribution in [2.75, 3.05) is 72.0 Å². The third-order valence-electron chi connectivity index (χ3n) is 6.09. The van der Waals surface area contributed by atoms with E-state index in [9.17, 15) is 24.0 Å². The van der Waals surface area contributed by atoms with Gasteiger partial charge >= 0.3 is 24.4 Å². The Balaban J connectivity index is 3.16. The van der Waals surface area contributed by atoms with Crippen LogP contribution in [-0.4, -0.2) is 144 Å². The molecule has 0 unspecified atom stereocenters. The molecule has 1 saturated heterocycles. The summed E-state index contributed by atoms with van der Waals surface area (Å²) in [6.45, 7) is 23.0. The van der Waals surface area contributed by atoms with Crippen LogP contribution < -0.4 is 10.6 Å². The maximum atomic E-state index is 13.2. The fourth-order valence-electron chi connectivity index (χ4n) is 4.08. The number of carbonyl (C=O) groups excluding carboxylic acids is 5. The first-order valence-corrected chi connectivity index (χ1v) is 16.2. The first-order chi connectivity index (χ1) is 21.3. The van der Waals surface area contributed by atoms with Crippen molar-refractivity contribution >= 4 is 30.3 Å². The average molecular weight is 673 g/mol. The lowest BCUT2D eigenvalue weighted by Crippen LogP contribution is -2.52. The Morgan fingerprint density at radius 2 is 0.766 bits per heavy atom. The summed E-state index contributed by atoms with van der Waals surface area (Å²) in [4.78, 5) is 70.7. The molecular weight excluding hydrogens is 612 g/mol. The van der Waals surface area contributed by atoms with Gasteiger partial charge in [-0.15, -0.1) is 0 Å². The fraction of sp³-hybridized carbons (Fsp3) is 0.844. The molecule has 1 fully saturated rings. The van der Waals surface area contributed by atoms with E-state index in [2.05, 4.69) is 10.6 Å². The molecular formula is C32H60N6O9. The Labute approximate surface area is 280 Å². The SMILES string of the molecule is CC(C)(C)OC(=O)NCCNC(=O)CN1CCN(C(=O)OC(C)(C)C)CCN(C(=O)OC(C)(C)C)CCN(C(=O)OC(C)(C)C)CC1. The van der Waals surface area contributed by atoms with Gasteiger partial charge in [-0.1, -0.05) is 0 Å². The summed E-state index contributed by atoms with van der Waals surface area (Å²) in [5, 5.41) is 5.38. The summed E-state index contributed by atoms with van der Waals surface area (Å²) in [7, 11) is 0. The lowest BCUT2D eigenvalue weighted by atomic mass is 10.2. The van der Waals surface area contributed by atoms with Gasteiger partial charge in [0, 0.05) is 65.4 Å². The molecule has 1 aliphatic heterocycles. The van der Waals surface area contributed by atoms with Gasteiger partial charge in [-0.05, 0) is 83.1 Å². The molecule has 0 aromatic carbocycles. The van der Waals surface area contributed by atoms with E-state index in [-0.39, 0.29) is 77.9 Å². The average Bonchev–Trinajstić information content (AvgIpc) is 2.84. The number of nitrogens with zero attached hydrogens (tertiary/aromatic N) is 4. The predicted octanol–water partition coefficient (Wildman–Crippen LogP) is 3.65. The Morgan fingerprint density at radius 1 is 0.468 bits per heavy atom. The minimum absolute atomic E-state index is 0.0270. The van der Waals surface area contributed by atoms with Crippen molar-refractivity contribution < 1.29 is 42.9 Å². The molecule has 0 bridgehead atoms. The highest BCUT2D eigenvalue weighted by atomic mass is 16.6. The van der Waals surface area contributed by atoms with Crippen LogP contribution in [0, 0.1) is 0 Å². The van der Waals surface area contributed by atoms with Crippen LogP contribution in [0.1, 0.15) is 83.1 Å². The second-order valence-electron chi connectivity index (χ2n) is 15.5. The third kappa shape index (κ3) is 19.7. The van der Waals surface area contributed by atoms with Gasteiger partial charge in [-0.2, -0.15) is 0 Å². The van der Waals surface area contributed by atoms with Crippen molar-refractivity contribution in [3.8, 4) is 0 Å². The molecule has 2 N–H and O–H groups in total. The molecule has 5 amide bonds. The van der Waals surface area contributed by atoms with Gasteiger partial charge in [0.2, 0.25) is 5.91 Å². The van der Waals surface area contributed by atoms with E-state index in [1.54, 1.807) is 83.1 Å². The Hall–Kier alpha value is -3.49. The van der Waals surface area contributed by atoms with Gasteiger partial charge in [0.25, 0.3) is 0 Å². The van der Waals surface area contributed by atoms with Crippen LogP contribution in [0.2, 0.25) is 0 Å². The molecule has 0 aromatic rings. The zero-order valence-electron chi connectivity index (χ0n) is 30.7. The van der Waals surface area contributed by atoms with Crippen LogP contribution in [0.25, 0.3) is 0 Å². The Kier molecular flexibility index (Phi) is 15.6. The number of alkyl carbamates (subject to hydrolysis) is 1. The van der Waals surface area contributed by atoms with Crippen LogP contribution in [0.3, 0.4) is 0 Å². The summed E-state index contributed by atoms with van der Waals surface area (Å²) in [5.74, 6) is -0.299. The van der Waals surface area contributed by atoms with E-state index in [1.165, 1.54) is 14.7 Å². The summed E-state index contributed by atoms with van der Waals surface area (Å²) in [6.07, 6.45) is -2.25. The summed E-state index contributed by atoms with van der Waals surface area (Å²) in [5.41, 5.74) is -2.87. The van der Waals surface area contributed by atoms with Crippen molar-refractivity contribution in [1.82, 2.24) is 30.2 Å². The summed E-state index contributed by atoms with van der Waals surface area (Å²) in [6, 6.07) is 0. The largest absolute Gasteiger partial charge is 0.444 e. The number of rotatable bonds is 5. The Bertz CT molecular complexity index is 1010. The second-order valence-corrected chi connectivity index (χ2v) is 15.5. The van der Waals surface area contributed by atoms with Gasteiger partial charge in [-0.25, -0.2) is 19.2 Å². The van der Waals surface area contributed by atoms with Gasteiger partial charge in [-0.3, -0.25) is 9.69 Å². The molecule has 0 aliphatic carbocycles. The second kappa shape index (κ2) is 17.6. The standard InChI is InChI=1S/C32H60N6O9/c1-29(2,3)44-25(40)34-14-13-33-24(39)23-35-15-17-36(26(41)45-30(4,5)6)19-21-38(28(43)47-32(10,11)12)22-20-37(18-16-35)27(42)46-31(7,8)9/h13-23H2,1-12H3,(H,33,39)(H,34,40). The smallest absolute Gasteiger partial charge is 0.410 e. The lowest BCUT2D eigenvalue weighted by Gasteiger charge is -2.35. The highest BCUT2D eigenvalue weighted by Gasteiger charge is 2.30. The molecule has 0 radical (unpaired) electrons. The Morgan fingerprint density at radius 3 is 1.09 bits per heavy atom. The highest BCUT2D eigenvalue weighted by molar-refractivity contribution is 5.78. The van der Waals surface area contributed by atoms with Crippen molar-refractivity contribution in [1.29, 1.82) is 0 Å². The number of carbonyl (C=O) groups is 5. The number of amides is 5. The van der Waals surface area contributed by atoms with Crippen LogP contribution in [-0.2, 0) is 23.7 Å². The number of hydrogen-bond donors (Lipinski definition) is 2.